The second-order valence-electron chi connectivity index (χ2n) is 5.69. The molecule has 2 aromatic carbocycles. The van der Waals surface area contributed by atoms with Gasteiger partial charge in [-0.1, -0.05) is 34.1 Å². The fourth-order valence-corrected chi connectivity index (χ4v) is 2.80. The molecule has 1 atom stereocenters. The molecular weight excluding hydrogens is 380 g/mol. The van der Waals surface area contributed by atoms with Gasteiger partial charge in [0.2, 0.25) is 0 Å². The number of rotatable bonds is 6. The minimum atomic E-state index is -0.562. The van der Waals surface area contributed by atoms with Crippen LogP contribution in [0.15, 0.2) is 77.5 Å². The average Bonchev–Trinajstić information content (AvgIpc) is 3.14. The van der Waals surface area contributed by atoms with Crippen LogP contribution in [-0.4, -0.2) is 16.6 Å². The molecule has 1 heterocycles. The first-order chi connectivity index (χ1) is 12.1. The van der Waals surface area contributed by atoms with Crippen molar-refractivity contribution in [2.24, 2.45) is 0 Å². The van der Waals surface area contributed by atoms with Crippen LogP contribution >= 0.6 is 15.9 Å². The van der Waals surface area contributed by atoms with E-state index in [1.54, 1.807) is 6.92 Å². The summed E-state index contributed by atoms with van der Waals surface area (Å²) < 4.78 is 8.62. The normalized spacial score (nSPS) is 11.8. The second-order valence-corrected chi connectivity index (χ2v) is 6.61. The van der Waals surface area contributed by atoms with Crippen LogP contribution in [0.1, 0.15) is 12.5 Å². The van der Waals surface area contributed by atoms with Crippen molar-refractivity contribution in [3.8, 4) is 11.4 Å². The van der Waals surface area contributed by atoms with E-state index in [9.17, 15) is 4.79 Å². The molecule has 3 aromatic rings. The number of carbonyl (C=O) groups is 1. The van der Waals surface area contributed by atoms with Gasteiger partial charge in [0.25, 0.3) is 5.91 Å². The first-order valence-electron chi connectivity index (χ1n) is 8.04. The van der Waals surface area contributed by atoms with E-state index in [0.717, 1.165) is 15.7 Å². The minimum absolute atomic E-state index is 0.144. The molecule has 128 valence electrons. The molecule has 25 heavy (non-hydrogen) atoms. The second kappa shape index (κ2) is 8.03. The van der Waals surface area contributed by atoms with Crippen molar-refractivity contribution in [2.45, 2.75) is 19.6 Å². The molecule has 0 radical (unpaired) electrons. The van der Waals surface area contributed by atoms with E-state index in [2.05, 4.69) is 21.2 Å². The van der Waals surface area contributed by atoms with Gasteiger partial charge in [-0.2, -0.15) is 0 Å². The Bertz CT molecular complexity index is 829. The molecule has 3 rings (SSSR count). The Morgan fingerprint density at radius 1 is 1.12 bits per heavy atom. The first-order valence-corrected chi connectivity index (χ1v) is 8.83. The van der Waals surface area contributed by atoms with E-state index in [4.69, 9.17) is 4.74 Å². The van der Waals surface area contributed by atoms with E-state index >= 15 is 0 Å². The third-order valence-electron chi connectivity index (χ3n) is 3.78. The SMILES string of the molecule is C[C@H](Oc1cccc(Br)c1)C(=O)NCc1ccc(-n2cccc2)cc1. The molecule has 0 aliphatic carbocycles. The largest absolute Gasteiger partial charge is 0.481 e. The van der Waals surface area contributed by atoms with Crippen LogP contribution in [-0.2, 0) is 11.3 Å². The van der Waals surface area contributed by atoms with Crippen LogP contribution in [0.3, 0.4) is 0 Å². The van der Waals surface area contributed by atoms with Gasteiger partial charge >= 0.3 is 0 Å². The van der Waals surface area contributed by atoms with Crippen molar-refractivity contribution < 1.29 is 9.53 Å². The van der Waals surface area contributed by atoms with Crippen molar-refractivity contribution in [2.75, 3.05) is 0 Å². The number of hydrogen-bond donors (Lipinski definition) is 1. The molecule has 0 unspecified atom stereocenters. The van der Waals surface area contributed by atoms with Gasteiger partial charge in [-0.05, 0) is 55.0 Å². The zero-order valence-corrected chi connectivity index (χ0v) is 15.4. The highest BCUT2D eigenvalue weighted by atomic mass is 79.9. The van der Waals surface area contributed by atoms with E-state index in [1.165, 1.54) is 0 Å². The fraction of sp³-hybridized carbons (Fsp3) is 0.150. The summed E-state index contributed by atoms with van der Waals surface area (Å²) in [6, 6.07) is 19.5. The number of carbonyl (C=O) groups excluding carboxylic acids is 1. The lowest BCUT2D eigenvalue weighted by Crippen LogP contribution is -2.35. The lowest BCUT2D eigenvalue weighted by Gasteiger charge is -2.15. The number of ether oxygens (including phenoxy) is 1. The standard InChI is InChI=1S/C20H19BrN2O2/c1-15(25-19-6-4-5-17(21)13-19)20(24)22-14-16-7-9-18(10-8-16)23-11-2-3-12-23/h2-13,15H,14H2,1H3,(H,22,24)/t15-/m0/s1. The molecule has 0 spiro atoms. The zero-order valence-electron chi connectivity index (χ0n) is 13.9. The van der Waals surface area contributed by atoms with Crippen LogP contribution in [0.25, 0.3) is 5.69 Å². The summed E-state index contributed by atoms with van der Waals surface area (Å²) in [5.41, 5.74) is 2.13. The summed E-state index contributed by atoms with van der Waals surface area (Å²) in [5, 5.41) is 2.91. The molecule has 0 saturated heterocycles. The Balaban J connectivity index is 1.53. The summed E-state index contributed by atoms with van der Waals surface area (Å²) in [5.74, 6) is 0.516. The van der Waals surface area contributed by atoms with Crippen LogP contribution in [0, 0.1) is 0 Å². The third-order valence-corrected chi connectivity index (χ3v) is 4.28. The zero-order chi connectivity index (χ0) is 17.6. The maximum absolute atomic E-state index is 12.2. The van der Waals surface area contributed by atoms with E-state index in [1.807, 2.05) is 77.6 Å². The van der Waals surface area contributed by atoms with Crippen LogP contribution in [0.5, 0.6) is 5.75 Å². The molecule has 5 heteroatoms. The molecule has 1 aromatic heterocycles. The number of nitrogens with one attached hydrogen (secondary N) is 1. The Labute approximate surface area is 155 Å². The van der Waals surface area contributed by atoms with Gasteiger partial charge in [-0.15, -0.1) is 0 Å². The predicted octanol–water partition coefficient (Wildman–Crippen LogP) is 4.32. The predicted molar refractivity (Wildman–Crippen MR) is 102 cm³/mol. The number of halogens is 1. The molecule has 4 nitrogen and oxygen atoms in total. The van der Waals surface area contributed by atoms with E-state index < -0.39 is 6.10 Å². The first kappa shape index (κ1) is 17.3. The van der Waals surface area contributed by atoms with Crippen molar-refractivity contribution in [1.82, 2.24) is 9.88 Å². The topological polar surface area (TPSA) is 43.3 Å². The quantitative estimate of drug-likeness (QED) is 0.671. The Hall–Kier alpha value is -2.53. The lowest BCUT2D eigenvalue weighted by molar-refractivity contribution is -0.127. The van der Waals surface area contributed by atoms with Gasteiger partial charge < -0.3 is 14.6 Å². The summed E-state index contributed by atoms with van der Waals surface area (Å²) in [7, 11) is 0. The van der Waals surface area contributed by atoms with Crippen LogP contribution in [0.2, 0.25) is 0 Å². The number of aromatic nitrogens is 1. The van der Waals surface area contributed by atoms with Crippen LogP contribution in [0.4, 0.5) is 0 Å². The number of nitrogens with zero attached hydrogens (tertiary/aromatic N) is 1. The monoisotopic (exact) mass is 398 g/mol. The average molecular weight is 399 g/mol. The maximum Gasteiger partial charge on any atom is 0.261 e. The number of hydrogen-bond acceptors (Lipinski definition) is 2. The minimum Gasteiger partial charge on any atom is -0.481 e. The molecule has 0 aliphatic heterocycles. The van der Waals surface area contributed by atoms with Crippen molar-refractivity contribution in [3.05, 3.63) is 83.1 Å². The third kappa shape index (κ3) is 4.73. The summed E-state index contributed by atoms with van der Waals surface area (Å²) in [6.07, 6.45) is 3.43. The highest BCUT2D eigenvalue weighted by Crippen LogP contribution is 2.19. The fourth-order valence-electron chi connectivity index (χ4n) is 2.42. The molecule has 0 bridgehead atoms. The highest BCUT2D eigenvalue weighted by Gasteiger charge is 2.14. The van der Waals surface area contributed by atoms with Crippen molar-refractivity contribution in [3.63, 3.8) is 0 Å². The molecule has 1 amide bonds. The molecular formula is C20H19BrN2O2. The Morgan fingerprint density at radius 3 is 2.52 bits per heavy atom. The Kier molecular flexibility index (Phi) is 5.56. The van der Waals surface area contributed by atoms with Crippen molar-refractivity contribution >= 4 is 21.8 Å². The number of benzene rings is 2. The lowest BCUT2D eigenvalue weighted by atomic mass is 10.2. The summed E-state index contributed by atoms with van der Waals surface area (Å²) in [6.45, 7) is 2.21. The smallest absolute Gasteiger partial charge is 0.261 e. The van der Waals surface area contributed by atoms with E-state index in [-0.39, 0.29) is 5.91 Å². The molecule has 0 fully saturated rings. The molecule has 0 aliphatic rings. The van der Waals surface area contributed by atoms with Gasteiger partial charge in [0.05, 0.1) is 0 Å². The van der Waals surface area contributed by atoms with Crippen molar-refractivity contribution in [1.29, 1.82) is 0 Å². The summed E-state index contributed by atoms with van der Waals surface area (Å²) in [4.78, 5) is 12.2. The van der Waals surface area contributed by atoms with Crippen LogP contribution < -0.4 is 10.1 Å². The highest BCUT2D eigenvalue weighted by molar-refractivity contribution is 9.10. The van der Waals surface area contributed by atoms with Gasteiger partial charge in [0, 0.05) is 29.1 Å². The van der Waals surface area contributed by atoms with Gasteiger partial charge in [-0.3, -0.25) is 4.79 Å². The maximum atomic E-state index is 12.2. The van der Waals surface area contributed by atoms with Gasteiger partial charge in [0.15, 0.2) is 6.10 Å². The number of amides is 1. The molecule has 1 N–H and O–H groups in total. The molecule has 0 saturated carbocycles. The Morgan fingerprint density at radius 2 is 1.84 bits per heavy atom. The summed E-state index contributed by atoms with van der Waals surface area (Å²) >= 11 is 3.39. The van der Waals surface area contributed by atoms with Gasteiger partial charge in [-0.25, -0.2) is 0 Å². The van der Waals surface area contributed by atoms with Gasteiger partial charge in [0.1, 0.15) is 5.75 Å². The van der Waals surface area contributed by atoms with E-state index in [0.29, 0.717) is 12.3 Å².